The van der Waals surface area contributed by atoms with Gasteiger partial charge in [0.1, 0.15) is 18.2 Å². The molecule has 1 rings (SSSR count). The van der Waals surface area contributed by atoms with Crippen LogP contribution in [0, 0.1) is 5.41 Å². The second kappa shape index (κ2) is 5.31. The molecular formula is C10H16N4O. The first-order valence-corrected chi connectivity index (χ1v) is 4.67. The molecule has 0 saturated heterocycles. The number of aromatic nitrogens is 1. The number of ether oxygens (including phenoxy) is 1. The third-order valence-corrected chi connectivity index (χ3v) is 1.87. The molecule has 0 saturated carbocycles. The minimum atomic E-state index is -0.00254. The van der Waals surface area contributed by atoms with Crippen LogP contribution in [0.3, 0.4) is 0 Å². The van der Waals surface area contributed by atoms with Gasteiger partial charge in [0, 0.05) is 12.7 Å². The van der Waals surface area contributed by atoms with Crippen LogP contribution in [0.25, 0.3) is 0 Å². The van der Waals surface area contributed by atoms with Crippen molar-refractivity contribution in [2.75, 3.05) is 27.2 Å². The Morgan fingerprint density at radius 3 is 2.93 bits per heavy atom. The van der Waals surface area contributed by atoms with Crippen molar-refractivity contribution in [3.63, 3.8) is 0 Å². The van der Waals surface area contributed by atoms with Gasteiger partial charge >= 0.3 is 0 Å². The van der Waals surface area contributed by atoms with Gasteiger partial charge in [-0.3, -0.25) is 10.4 Å². The molecule has 0 aromatic carbocycles. The molecule has 5 nitrogen and oxygen atoms in total. The Kier molecular flexibility index (Phi) is 4.05. The van der Waals surface area contributed by atoms with Crippen molar-refractivity contribution in [2.45, 2.75) is 0 Å². The van der Waals surface area contributed by atoms with Crippen LogP contribution in [0.15, 0.2) is 18.5 Å². The van der Waals surface area contributed by atoms with Crippen LogP contribution >= 0.6 is 0 Å². The summed E-state index contributed by atoms with van der Waals surface area (Å²) in [5, 5.41) is 7.36. The van der Waals surface area contributed by atoms with Crippen LogP contribution in [-0.2, 0) is 0 Å². The molecule has 0 unspecified atom stereocenters. The van der Waals surface area contributed by atoms with Gasteiger partial charge < -0.3 is 15.4 Å². The highest BCUT2D eigenvalue weighted by atomic mass is 16.5. The van der Waals surface area contributed by atoms with E-state index >= 15 is 0 Å². The predicted octanol–water partition coefficient (Wildman–Crippen LogP) is 0.306. The summed E-state index contributed by atoms with van der Waals surface area (Å²) in [4.78, 5) is 5.95. The SMILES string of the molecule is CN(C)CCOc1cnccc1C(=N)N. The first-order chi connectivity index (χ1) is 7.11. The summed E-state index contributed by atoms with van der Waals surface area (Å²) in [6, 6.07) is 1.67. The van der Waals surface area contributed by atoms with Crippen molar-refractivity contribution in [2.24, 2.45) is 5.73 Å². The molecule has 0 aliphatic carbocycles. The fourth-order valence-corrected chi connectivity index (χ4v) is 1.06. The van der Waals surface area contributed by atoms with E-state index in [9.17, 15) is 0 Å². The van der Waals surface area contributed by atoms with Crippen LogP contribution in [0.4, 0.5) is 0 Å². The maximum Gasteiger partial charge on any atom is 0.148 e. The summed E-state index contributed by atoms with van der Waals surface area (Å²) in [7, 11) is 3.94. The largest absolute Gasteiger partial charge is 0.490 e. The van der Waals surface area contributed by atoms with Gasteiger partial charge in [0.2, 0.25) is 0 Å². The van der Waals surface area contributed by atoms with E-state index in [2.05, 4.69) is 4.98 Å². The maximum atomic E-state index is 7.36. The average molecular weight is 208 g/mol. The van der Waals surface area contributed by atoms with Gasteiger partial charge in [-0.15, -0.1) is 0 Å². The summed E-state index contributed by atoms with van der Waals surface area (Å²) < 4.78 is 5.48. The second-order valence-electron chi connectivity index (χ2n) is 3.44. The Hall–Kier alpha value is -1.62. The number of likely N-dealkylation sites (N-methyl/N-ethyl adjacent to an activating group) is 1. The van der Waals surface area contributed by atoms with Crippen LogP contribution in [-0.4, -0.2) is 43.0 Å². The van der Waals surface area contributed by atoms with E-state index in [0.29, 0.717) is 17.9 Å². The summed E-state index contributed by atoms with van der Waals surface area (Å²) in [6.45, 7) is 1.37. The Bertz CT molecular complexity index is 338. The number of nitrogens with zero attached hydrogens (tertiary/aromatic N) is 2. The number of hydrogen-bond donors (Lipinski definition) is 2. The lowest BCUT2D eigenvalue weighted by atomic mass is 10.2. The van der Waals surface area contributed by atoms with Gasteiger partial charge in [-0.2, -0.15) is 0 Å². The molecule has 0 spiro atoms. The summed E-state index contributed by atoms with van der Waals surface area (Å²) in [6.07, 6.45) is 3.17. The number of pyridine rings is 1. The number of nitrogens with two attached hydrogens (primary N) is 1. The number of nitrogen functional groups attached to an aromatic ring is 1. The molecule has 82 valence electrons. The van der Waals surface area contributed by atoms with Gasteiger partial charge in [-0.05, 0) is 20.2 Å². The number of hydrogen-bond acceptors (Lipinski definition) is 4. The molecule has 0 amide bonds. The third-order valence-electron chi connectivity index (χ3n) is 1.87. The van der Waals surface area contributed by atoms with E-state index in [1.54, 1.807) is 18.5 Å². The zero-order valence-corrected chi connectivity index (χ0v) is 9.03. The molecule has 0 aliphatic heterocycles. The standard InChI is InChI=1S/C10H16N4O/c1-14(2)5-6-15-9-7-13-4-3-8(9)10(11)12/h3-4,7H,5-6H2,1-2H3,(H3,11,12). The topological polar surface area (TPSA) is 75.2 Å². The number of nitrogens with one attached hydrogen (secondary N) is 1. The van der Waals surface area contributed by atoms with Gasteiger partial charge in [-0.1, -0.05) is 0 Å². The van der Waals surface area contributed by atoms with E-state index in [1.807, 2.05) is 19.0 Å². The minimum absolute atomic E-state index is 0.00254. The molecule has 0 atom stereocenters. The smallest absolute Gasteiger partial charge is 0.148 e. The number of rotatable bonds is 5. The second-order valence-corrected chi connectivity index (χ2v) is 3.44. The minimum Gasteiger partial charge on any atom is -0.490 e. The Labute approximate surface area is 89.4 Å². The van der Waals surface area contributed by atoms with Crippen molar-refractivity contribution >= 4 is 5.84 Å². The molecular weight excluding hydrogens is 192 g/mol. The lowest BCUT2D eigenvalue weighted by molar-refractivity contribution is 0.260. The summed E-state index contributed by atoms with van der Waals surface area (Å²) >= 11 is 0. The first-order valence-electron chi connectivity index (χ1n) is 4.67. The highest BCUT2D eigenvalue weighted by Crippen LogP contribution is 2.15. The van der Waals surface area contributed by atoms with Crippen molar-refractivity contribution in [3.05, 3.63) is 24.0 Å². The van der Waals surface area contributed by atoms with Crippen LogP contribution < -0.4 is 10.5 Å². The Morgan fingerprint density at radius 2 is 2.33 bits per heavy atom. The van der Waals surface area contributed by atoms with Gasteiger partial charge in [0.05, 0.1) is 11.8 Å². The molecule has 0 fully saturated rings. The van der Waals surface area contributed by atoms with Crippen LogP contribution in [0.5, 0.6) is 5.75 Å². The molecule has 5 heteroatoms. The molecule has 1 aromatic rings. The Morgan fingerprint density at radius 1 is 1.60 bits per heavy atom. The number of amidine groups is 1. The summed E-state index contributed by atoms with van der Waals surface area (Å²) in [5.41, 5.74) is 6.00. The monoisotopic (exact) mass is 208 g/mol. The maximum absolute atomic E-state index is 7.36. The van der Waals surface area contributed by atoms with Gasteiger partial charge in [0.15, 0.2) is 0 Å². The predicted molar refractivity (Wildman–Crippen MR) is 59.3 cm³/mol. The zero-order chi connectivity index (χ0) is 11.3. The highest BCUT2D eigenvalue weighted by molar-refractivity contribution is 5.97. The summed E-state index contributed by atoms with van der Waals surface area (Å²) in [5.74, 6) is 0.559. The highest BCUT2D eigenvalue weighted by Gasteiger charge is 2.05. The van der Waals surface area contributed by atoms with E-state index in [1.165, 1.54) is 0 Å². The van der Waals surface area contributed by atoms with Crippen molar-refractivity contribution < 1.29 is 4.74 Å². The van der Waals surface area contributed by atoms with Crippen molar-refractivity contribution in [3.8, 4) is 5.75 Å². The van der Waals surface area contributed by atoms with Crippen LogP contribution in [0.1, 0.15) is 5.56 Å². The molecule has 1 aromatic heterocycles. The lowest BCUT2D eigenvalue weighted by Crippen LogP contribution is -2.21. The average Bonchev–Trinajstić information content (AvgIpc) is 2.17. The fraction of sp³-hybridized carbons (Fsp3) is 0.400. The normalized spacial score (nSPS) is 10.3. The third kappa shape index (κ3) is 3.55. The van der Waals surface area contributed by atoms with Crippen molar-refractivity contribution in [1.82, 2.24) is 9.88 Å². The van der Waals surface area contributed by atoms with E-state index in [0.717, 1.165) is 6.54 Å². The quantitative estimate of drug-likeness (QED) is 0.539. The molecule has 0 bridgehead atoms. The zero-order valence-electron chi connectivity index (χ0n) is 9.03. The van der Waals surface area contributed by atoms with Gasteiger partial charge in [-0.25, -0.2) is 0 Å². The first kappa shape index (κ1) is 11.5. The molecule has 3 N–H and O–H groups in total. The lowest BCUT2D eigenvalue weighted by Gasteiger charge is -2.12. The Balaban J connectivity index is 2.63. The van der Waals surface area contributed by atoms with E-state index in [-0.39, 0.29) is 5.84 Å². The molecule has 0 aliphatic rings. The van der Waals surface area contributed by atoms with Gasteiger partial charge in [0.25, 0.3) is 0 Å². The molecule has 1 heterocycles. The van der Waals surface area contributed by atoms with Crippen molar-refractivity contribution in [1.29, 1.82) is 5.41 Å². The van der Waals surface area contributed by atoms with E-state index < -0.39 is 0 Å². The van der Waals surface area contributed by atoms with E-state index in [4.69, 9.17) is 15.9 Å². The molecule has 15 heavy (non-hydrogen) atoms. The van der Waals surface area contributed by atoms with Crippen LogP contribution in [0.2, 0.25) is 0 Å². The fourth-order valence-electron chi connectivity index (χ4n) is 1.06. The molecule has 0 radical (unpaired) electrons.